The van der Waals surface area contributed by atoms with Gasteiger partial charge in [-0.25, -0.2) is 0 Å². The van der Waals surface area contributed by atoms with Gasteiger partial charge in [-0.3, -0.25) is 4.68 Å². The predicted octanol–water partition coefficient (Wildman–Crippen LogP) is 1.53. The molecule has 0 aliphatic heterocycles. The topological polar surface area (TPSA) is 41.9 Å². The minimum Gasteiger partial charge on any atom is -0.369 e. The Hall–Kier alpha value is -1.03. The van der Waals surface area contributed by atoms with Crippen LogP contribution in [0.5, 0.6) is 0 Å². The minimum absolute atomic E-state index is 0.185. The van der Waals surface area contributed by atoms with Gasteiger partial charge in [-0.05, 0) is 27.7 Å². The van der Waals surface area contributed by atoms with Crippen LogP contribution < -0.4 is 10.6 Å². The smallest absolute Gasteiger partial charge is 0.124 e. The fraction of sp³-hybridized carbons (Fsp3) is 0.727. The van der Waals surface area contributed by atoms with Crippen molar-refractivity contribution < 1.29 is 0 Å². The summed E-state index contributed by atoms with van der Waals surface area (Å²) in [7, 11) is 1.95. The number of rotatable bonds is 4. The number of nitrogens with one attached hydrogen (secondary N) is 2. The molecule has 2 N–H and O–H groups in total. The largest absolute Gasteiger partial charge is 0.369 e. The van der Waals surface area contributed by atoms with Crippen molar-refractivity contribution in [2.75, 3.05) is 18.4 Å². The molecule has 4 nitrogen and oxygen atoms in total. The molecule has 0 bridgehead atoms. The van der Waals surface area contributed by atoms with Gasteiger partial charge in [-0.1, -0.05) is 0 Å². The zero-order valence-corrected chi connectivity index (χ0v) is 10.4. The molecule has 0 unspecified atom stereocenters. The summed E-state index contributed by atoms with van der Waals surface area (Å²) in [5, 5.41) is 11.0. The van der Waals surface area contributed by atoms with E-state index in [-0.39, 0.29) is 5.54 Å². The Bertz CT molecular complexity index is 309. The number of anilines is 1. The van der Waals surface area contributed by atoms with Crippen LogP contribution >= 0.6 is 0 Å². The van der Waals surface area contributed by atoms with Crippen molar-refractivity contribution in [3.05, 3.63) is 11.8 Å². The number of nitrogens with zero attached hydrogens (tertiary/aromatic N) is 2. The molecule has 1 aromatic rings. The van der Waals surface area contributed by atoms with Gasteiger partial charge in [0.2, 0.25) is 0 Å². The monoisotopic (exact) mass is 210 g/mol. The number of aromatic nitrogens is 2. The summed E-state index contributed by atoms with van der Waals surface area (Å²) in [5.74, 6) is 1.07. The molecule has 1 aromatic heterocycles. The molecule has 15 heavy (non-hydrogen) atoms. The van der Waals surface area contributed by atoms with Crippen LogP contribution in [0.3, 0.4) is 0 Å². The van der Waals surface area contributed by atoms with Crippen LogP contribution in [0.15, 0.2) is 6.07 Å². The van der Waals surface area contributed by atoms with Crippen molar-refractivity contribution in [1.29, 1.82) is 0 Å². The molecule has 0 saturated heterocycles. The Labute approximate surface area is 92.1 Å². The lowest BCUT2D eigenvalue weighted by molar-refractivity contribution is 0.435. The number of aryl methyl sites for hydroxylation is 2. The lowest BCUT2D eigenvalue weighted by atomic mass is 10.1. The fourth-order valence-electron chi connectivity index (χ4n) is 1.40. The Kier molecular flexibility index (Phi) is 3.74. The standard InChI is InChI=1S/C11H22N4/c1-9-8-10(15(5)14-9)12-6-7-13-11(2,3)4/h8,12-13H,6-7H2,1-5H3. The van der Waals surface area contributed by atoms with Crippen molar-refractivity contribution in [2.24, 2.45) is 7.05 Å². The molecule has 0 aliphatic carbocycles. The molecule has 0 saturated carbocycles. The van der Waals surface area contributed by atoms with Crippen LogP contribution in [0.4, 0.5) is 5.82 Å². The average Bonchev–Trinajstić information content (AvgIpc) is 2.37. The van der Waals surface area contributed by atoms with Crippen LogP contribution in [-0.4, -0.2) is 28.4 Å². The third kappa shape index (κ3) is 4.34. The molecule has 0 aliphatic rings. The van der Waals surface area contributed by atoms with Crippen LogP contribution in [0.1, 0.15) is 26.5 Å². The first-order chi connectivity index (χ1) is 6.88. The zero-order chi connectivity index (χ0) is 11.5. The van der Waals surface area contributed by atoms with Gasteiger partial charge in [0.15, 0.2) is 0 Å². The molecule has 0 aromatic carbocycles. The predicted molar refractivity (Wildman–Crippen MR) is 64.2 cm³/mol. The number of hydrogen-bond acceptors (Lipinski definition) is 3. The summed E-state index contributed by atoms with van der Waals surface area (Å²) in [6, 6.07) is 2.05. The molecule has 4 heteroatoms. The second-order valence-electron chi connectivity index (χ2n) is 4.90. The summed E-state index contributed by atoms with van der Waals surface area (Å²) >= 11 is 0. The Morgan fingerprint density at radius 1 is 1.33 bits per heavy atom. The van der Waals surface area contributed by atoms with E-state index in [9.17, 15) is 0 Å². The fourth-order valence-corrected chi connectivity index (χ4v) is 1.40. The zero-order valence-electron chi connectivity index (χ0n) is 10.4. The van der Waals surface area contributed by atoms with Gasteiger partial charge in [0, 0.05) is 31.7 Å². The highest BCUT2D eigenvalue weighted by Crippen LogP contribution is 2.06. The van der Waals surface area contributed by atoms with Crippen LogP contribution in [-0.2, 0) is 7.05 Å². The van der Waals surface area contributed by atoms with Gasteiger partial charge in [-0.2, -0.15) is 5.10 Å². The van der Waals surface area contributed by atoms with Gasteiger partial charge in [0.25, 0.3) is 0 Å². The van der Waals surface area contributed by atoms with Crippen LogP contribution in [0.2, 0.25) is 0 Å². The van der Waals surface area contributed by atoms with E-state index in [1.54, 1.807) is 0 Å². The SMILES string of the molecule is Cc1cc(NCCNC(C)(C)C)n(C)n1. The van der Waals surface area contributed by atoms with Crippen molar-refractivity contribution in [2.45, 2.75) is 33.2 Å². The molecule has 0 atom stereocenters. The molecule has 0 amide bonds. The maximum atomic E-state index is 4.27. The summed E-state index contributed by atoms with van der Waals surface area (Å²) in [5.41, 5.74) is 1.23. The molecule has 0 spiro atoms. The Morgan fingerprint density at radius 2 is 2.00 bits per heavy atom. The second kappa shape index (κ2) is 4.66. The highest BCUT2D eigenvalue weighted by molar-refractivity contribution is 5.36. The van der Waals surface area contributed by atoms with E-state index >= 15 is 0 Å². The van der Waals surface area contributed by atoms with E-state index in [0.29, 0.717) is 0 Å². The lowest BCUT2D eigenvalue weighted by Crippen LogP contribution is -2.38. The van der Waals surface area contributed by atoms with Gasteiger partial charge in [0.05, 0.1) is 5.69 Å². The van der Waals surface area contributed by atoms with Gasteiger partial charge >= 0.3 is 0 Å². The van der Waals surface area contributed by atoms with Gasteiger partial charge < -0.3 is 10.6 Å². The molecule has 86 valence electrons. The molecular formula is C11H22N4. The third-order valence-corrected chi connectivity index (χ3v) is 2.09. The van der Waals surface area contributed by atoms with Crippen LogP contribution in [0.25, 0.3) is 0 Å². The number of hydrogen-bond donors (Lipinski definition) is 2. The van der Waals surface area contributed by atoms with E-state index in [4.69, 9.17) is 0 Å². The summed E-state index contributed by atoms with van der Waals surface area (Å²) in [6.07, 6.45) is 0. The summed E-state index contributed by atoms with van der Waals surface area (Å²) < 4.78 is 1.87. The lowest BCUT2D eigenvalue weighted by Gasteiger charge is -2.20. The highest BCUT2D eigenvalue weighted by Gasteiger charge is 2.07. The molecule has 0 radical (unpaired) electrons. The van der Waals surface area contributed by atoms with E-state index in [0.717, 1.165) is 24.6 Å². The third-order valence-electron chi connectivity index (χ3n) is 2.09. The first-order valence-electron chi connectivity index (χ1n) is 5.38. The summed E-state index contributed by atoms with van der Waals surface area (Å²) in [6.45, 7) is 10.4. The second-order valence-corrected chi connectivity index (χ2v) is 4.90. The van der Waals surface area contributed by atoms with Gasteiger partial charge in [0.1, 0.15) is 5.82 Å². The first kappa shape index (κ1) is 12.0. The summed E-state index contributed by atoms with van der Waals surface area (Å²) in [4.78, 5) is 0. The van der Waals surface area contributed by atoms with E-state index in [2.05, 4.69) is 42.6 Å². The quantitative estimate of drug-likeness (QED) is 0.741. The highest BCUT2D eigenvalue weighted by atomic mass is 15.3. The molecule has 0 fully saturated rings. The minimum atomic E-state index is 0.185. The van der Waals surface area contributed by atoms with E-state index in [1.165, 1.54) is 0 Å². The van der Waals surface area contributed by atoms with Crippen molar-refractivity contribution in [3.63, 3.8) is 0 Å². The normalized spacial score (nSPS) is 11.8. The van der Waals surface area contributed by atoms with E-state index < -0.39 is 0 Å². The van der Waals surface area contributed by atoms with Crippen molar-refractivity contribution in [3.8, 4) is 0 Å². The average molecular weight is 210 g/mol. The Morgan fingerprint density at radius 3 is 2.47 bits per heavy atom. The maximum absolute atomic E-state index is 4.27. The van der Waals surface area contributed by atoms with Crippen molar-refractivity contribution >= 4 is 5.82 Å². The maximum Gasteiger partial charge on any atom is 0.124 e. The first-order valence-corrected chi connectivity index (χ1v) is 5.38. The van der Waals surface area contributed by atoms with Gasteiger partial charge in [-0.15, -0.1) is 0 Å². The van der Waals surface area contributed by atoms with Crippen LogP contribution in [0, 0.1) is 6.92 Å². The van der Waals surface area contributed by atoms with E-state index in [1.807, 2.05) is 18.7 Å². The Balaban J connectivity index is 2.29. The molecule has 1 heterocycles. The van der Waals surface area contributed by atoms with Crippen molar-refractivity contribution in [1.82, 2.24) is 15.1 Å². The molecular weight excluding hydrogens is 188 g/mol. The molecule has 1 rings (SSSR count).